The second kappa shape index (κ2) is 7.46. The van der Waals surface area contributed by atoms with E-state index in [1.807, 2.05) is 0 Å². The van der Waals surface area contributed by atoms with Gasteiger partial charge in [-0.1, -0.05) is 0 Å². The standard InChI is InChI=1S/C19H28N4O5/c1-19(2,3)28-18(24)20-14-6-16(23(25)26)15(7-17(14)27-5)22-10-12-8-21(4)9-13(12)11-22/h6-7,12-13H,8-11H2,1-5H3,(H,20,24)/t12-,13+. The number of methoxy groups -OCH3 is 1. The van der Waals surface area contributed by atoms with Crippen molar-refractivity contribution in [3.63, 3.8) is 0 Å². The van der Waals surface area contributed by atoms with Gasteiger partial charge in [0.1, 0.15) is 17.0 Å². The molecular formula is C19H28N4O5. The van der Waals surface area contributed by atoms with Crippen LogP contribution in [0.15, 0.2) is 12.1 Å². The van der Waals surface area contributed by atoms with Gasteiger partial charge in [0.05, 0.1) is 17.7 Å². The molecule has 9 nitrogen and oxygen atoms in total. The predicted octanol–water partition coefficient (Wildman–Crippen LogP) is 2.95. The lowest BCUT2D eigenvalue weighted by Gasteiger charge is -2.23. The van der Waals surface area contributed by atoms with Gasteiger partial charge in [0.15, 0.2) is 0 Å². The summed E-state index contributed by atoms with van der Waals surface area (Å²) >= 11 is 0. The lowest BCUT2D eigenvalue weighted by molar-refractivity contribution is -0.384. The summed E-state index contributed by atoms with van der Waals surface area (Å²) in [5, 5.41) is 14.3. The van der Waals surface area contributed by atoms with Crippen molar-refractivity contribution in [1.82, 2.24) is 4.90 Å². The Labute approximate surface area is 164 Å². The Bertz CT molecular complexity index is 762. The zero-order chi connectivity index (χ0) is 20.6. The van der Waals surface area contributed by atoms with Gasteiger partial charge in [0.2, 0.25) is 0 Å². The monoisotopic (exact) mass is 392 g/mol. The number of fused-ring (bicyclic) bond motifs is 1. The number of carbonyl (C=O) groups excluding carboxylic acids is 1. The van der Waals surface area contributed by atoms with E-state index in [4.69, 9.17) is 9.47 Å². The predicted molar refractivity (Wildman–Crippen MR) is 106 cm³/mol. The Kier molecular flexibility index (Phi) is 5.38. The second-order valence-electron chi connectivity index (χ2n) is 8.57. The molecule has 1 N–H and O–H groups in total. The highest BCUT2D eigenvalue weighted by Crippen LogP contribution is 2.42. The maximum atomic E-state index is 12.1. The van der Waals surface area contributed by atoms with E-state index >= 15 is 0 Å². The van der Waals surface area contributed by atoms with Gasteiger partial charge in [0, 0.05) is 38.3 Å². The molecule has 2 heterocycles. The Morgan fingerprint density at radius 3 is 2.32 bits per heavy atom. The van der Waals surface area contributed by atoms with E-state index in [2.05, 4.69) is 22.2 Å². The van der Waals surface area contributed by atoms with Crippen LogP contribution in [0, 0.1) is 22.0 Å². The largest absolute Gasteiger partial charge is 0.494 e. The molecule has 0 unspecified atom stereocenters. The highest BCUT2D eigenvalue weighted by molar-refractivity contribution is 5.89. The Hall–Kier alpha value is -2.55. The number of anilines is 2. The third-order valence-electron chi connectivity index (χ3n) is 5.14. The number of hydrogen-bond donors (Lipinski definition) is 1. The number of likely N-dealkylation sites (tertiary alicyclic amines) is 1. The molecule has 3 rings (SSSR count). The Morgan fingerprint density at radius 2 is 1.82 bits per heavy atom. The van der Waals surface area contributed by atoms with E-state index in [1.54, 1.807) is 26.8 Å². The van der Waals surface area contributed by atoms with Crippen LogP contribution in [0.1, 0.15) is 20.8 Å². The maximum absolute atomic E-state index is 12.1. The zero-order valence-electron chi connectivity index (χ0n) is 17.0. The van der Waals surface area contributed by atoms with Crippen molar-refractivity contribution in [2.45, 2.75) is 26.4 Å². The van der Waals surface area contributed by atoms with Crippen LogP contribution in [0.25, 0.3) is 0 Å². The molecule has 0 radical (unpaired) electrons. The first-order chi connectivity index (χ1) is 13.1. The zero-order valence-corrected chi connectivity index (χ0v) is 17.0. The molecule has 1 amide bonds. The Morgan fingerprint density at radius 1 is 1.21 bits per heavy atom. The van der Waals surface area contributed by atoms with Crippen LogP contribution >= 0.6 is 0 Å². The first kappa shape index (κ1) is 20.2. The van der Waals surface area contributed by atoms with Crippen molar-refractivity contribution in [1.29, 1.82) is 0 Å². The molecule has 9 heteroatoms. The van der Waals surface area contributed by atoms with Crippen molar-refractivity contribution < 1.29 is 19.2 Å². The molecule has 1 aromatic carbocycles. The third-order valence-corrected chi connectivity index (χ3v) is 5.14. The maximum Gasteiger partial charge on any atom is 0.412 e. The number of hydrogen-bond acceptors (Lipinski definition) is 7. The van der Waals surface area contributed by atoms with Crippen LogP contribution in [0.3, 0.4) is 0 Å². The number of nitro benzene ring substituents is 1. The van der Waals surface area contributed by atoms with Crippen molar-refractivity contribution >= 4 is 23.2 Å². The molecule has 0 spiro atoms. The molecule has 28 heavy (non-hydrogen) atoms. The SMILES string of the molecule is COc1cc(N2C[C@H]3CN(C)C[C@H]3C2)c([N+](=O)[O-])cc1NC(=O)OC(C)(C)C. The van der Waals surface area contributed by atoms with Gasteiger partial charge in [-0.25, -0.2) is 4.79 Å². The average molecular weight is 392 g/mol. The second-order valence-corrected chi connectivity index (χ2v) is 8.57. The first-order valence-corrected chi connectivity index (χ1v) is 9.37. The van der Waals surface area contributed by atoms with E-state index in [0.29, 0.717) is 23.3 Å². The third kappa shape index (κ3) is 4.30. The van der Waals surface area contributed by atoms with Crippen molar-refractivity contribution in [3.8, 4) is 5.75 Å². The number of carbonyl (C=O) groups is 1. The van der Waals surface area contributed by atoms with E-state index < -0.39 is 16.6 Å². The van der Waals surface area contributed by atoms with Crippen molar-refractivity contribution in [2.75, 3.05) is 50.6 Å². The van der Waals surface area contributed by atoms with E-state index in [0.717, 1.165) is 26.2 Å². The molecule has 154 valence electrons. The highest BCUT2D eigenvalue weighted by Gasteiger charge is 2.40. The fraction of sp³-hybridized carbons (Fsp3) is 0.632. The normalized spacial score (nSPS) is 22.1. The highest BCUT2D eigenvalue weighted by atomic mass is 16.6. The quantitative estimate of drug-likeness (QED) is 0.621. The van der Waals surface area contributed by atoms with Gasteiger partial charge < -0.3 is 19.3 Å². The molecule has 0 aliphatic carbocycles. The van der Waals surface area contributed by atoms with Crippen molar-refractivity contribution in [2.24, 2.45) is 11.8 Å². The fourth-order valence-corrected chi connectivity index (χ4v) is 4.06. The molecule has 0 saturated carbocycles. The summed E-state index contributed by atoms with van der Waals surface area (Å²) in [5.74, 6) is 1.38. The molecule has 2 saturated heterocycles. The minimum atomic E-state index is -0.688. The summed E-state index contributed by atoms with van der Waals surface area (Å²) in [7, 11) is 3.57. The summed E-state index contributed by atoms with van der Waals surface area (Å²) < 4.78 is 10.6. The van der Waals surface area contributed by atoms with Gasteiger partial charge in [-0.05, 0) is 39.7 Å². The van der Waals surface area contributed by atoms with Crippen LogP contribution in [0.5, 0.6) is 5.75 Å². The number of benzene rings is 1. The van der Waals surface area contributed by atoms with Gasteiger partial charge in [-0.3, -0.25) is 15.4 Å². The lowest BCUT2D eigenvalue weighted by atomic mass is 10.0. The van der Waals surface area contributed by atoms with E-state index in [9.17, 15) is 14.9 Å². The van der Waals surface area contributed by atoms with Crippen LogP contribution in [-0.4, -0.2) is 61.9 Å². The van der Waals surface area contributed by atoms with Crippen LogP contribution < -0.4 is 15.0 Å². The van der Waals surface area contributed by atoms with Crippen LogP contribution in [0.4, 0.5) is 21.9 Å². The van der Waals surface area contributed by atoms with E-state index in [1.165, 1.54) is 13.2 Å². The summed E-state index contributed by atoms with van der Waals surface area (Å²) in [6.45, 7) is 8.80. The van der Waals surface area contributed by atoms with Gasteiger partial charge in [-0.15, -0.1) is 0 Å². The number of rotatable bonds is 4. The van der Waals surface area contributed by atoms with Crippen LogP contribution in [0.2, 0.25) is 0 Å². The molecule has 2 fully saturated rings. The molecule has 0 aromatic heterocycles. The van der Waals surface area contributed by atoms with Crippen LogP contribution in [-0.2, 0) is 4.74 Å². The number of nitro groups is 1. The molecule has 0 bridgehead atoms. The molecule has 2 atom stereocenters. The summed E-state index contributed by atoms with van der Waals surface area (Å²) in [6.07, 6.45) is -0.688. The lowest BCUT2D eigenvalue weighted by Crippen LogP contribution is -2.28. The average Bonchev–Trinajstić information content (AvgIpc) is 3.09. The van der Waals surface area contributed by atoms with Gasteiger partial charge in [0.25, 0.3) is 5.69 Å². The summed E-state index contributed by atoms with van der Waals surface area (Å²) in [6, 6.07) is 2.98. The van der Waals surface area contributed by atoms with Gasteiger partial charge in [-0.2, -0.15) is 0 Å². The summed E-state index contributed by atoms with van der Waals surface area (Å²) in [4.78, 5) is 27.8. The van der Waals surface area contributed by atoms with E-state index in [-0.39, 0.29) is 11.4 Å². The number of nitrogens with one attached hydrogen (secondary N) is 1. The number of nitrogens with zero attached hydrogens (tertiary/aromatic N) is 3. The van der Waals surface area contributed by atoms with Crippen molar-refractivity contribution in [3.05, 3.63) is 22.2 Å². The smallest absolute Gasteiger partial charge is 0.412 e. The topological polar surface area (TPSA) is 97.2 Å². The Balaban J connectivity index is 1.88. The fourth-order valence-electron chi connectivity index (χ4n) is 4.06. The molecule has 2 aliphatic rings. The van der Waals surface area contributed by atoms with Gasteiger partial charge >= 0.3 is 6.09 Å². The molecule has 1 aromatic rings. The molecular weight excluding hydrogens is 364 g/mol. The number of amides is 1. The minimum absolute atomic E-state index is 0.0554. The molecule has 2 aliphatic heterocycles. The minimum Gasteiger partial charge on any atom is -0.494 e. The number of ether oxygens (including phenoxy) is 2. The first-order valence-electron chi connectivity index (χ1n) is 9.37. The summed E-state index contributed by atoms with van der Waals surface area (Å²) in [5.41, 5.74) is 0.00380.